The zero-order valence-electron chi connectivity index (χ0n) is 13.2. The van der Waals surface area contributed by atoms with Crippen molar-refractivity contribution in [1.82, 2.24) is 19.7 Å². The van der Waals surface area contributed by atoms with Crippen molar-refractivity contribution in [3.63, 3.8) is 0 Å². The van der Waals surface area contributed by atoms with Gasteiger partial charge in [0.25, 0.3) is 0 Å². The SMILES string of the molecule is Cc1ccc2sc(C=Cc3cnc4c(c3)c(C)nn4C)nc2c1. The fraction of sp³-hybridized carbons (Fsp3) is 0.167. The van der Waals surface area contributed by atoms with Crippen LogP contribution in [0.15, 0.2) is 30.5 Å². The number of aromatic nitrogens is 4. The number of benzene rings is 1. The van der Waals surface area contributed by atoms with E-state index in [-0.39, 0.29) is 0 Å². The lowest BCUT2D eigenvalue weighted by Crippen LogP contribution is -1.91. The van der Waals surface area contributed by atoms with Gasteiger partial charge < -0.3 is 0 Å². The summed E-state index contributed by atoms with van der Waals surface area (Å²) in [6, 6.07) is 8.50. The fourth-order valence-corrected chi connectivity index (χ4v) is 3.56. The van der Waals surface area contributed by atoms with Crippen LogP contribution in [0.1, 0.15) is 21.8 Å². The Labute approximate surface area is 138 Å². The zero-order chi connectivity index (χ0) is 16.0. The van der Waals surface area contributed by atoms with Crippen LogP contribution < -0.4 is 0 Å². The molecule has 0 bridgehead atoms. The molecule has 4 aromatic rings. The van der Waals surface area contributed by atoms with E-state index in [4.69, 9.17) is 0 Å². The van der Waals surface area contributed by atoms with Gasteiger partial charge in [0, 0.05) is 18.6 Å². The van der Waals surface area contributed by atoms with Gasteiger partial charge >= 0.3 is 0 Å². The second-order valence-electron chi connectivity index (χ2n) is 5.71. The number of rotatable bonds is 2. The Kier molecular flexibility index (Phi) is 3.23. The Morgan fingerprint density at radius 1 is 1.13 bits per heavy atom. The Bertz CT molecular complexity index is 1060. The van der Waals surface area contributed by atoms with Gasteiger partial charge in [0.2, 0.25) is 0 Å². The van der Waals surface area contributed by atoms with Gasteiger partial charge in [0.15, 0.2) is 5.65 Å². The van der Waals surface area contributed by atoms with Gasteiger partial charge in [0.1, 0.15) is 5.01 Å². The molecule has 0 aliphatic carbocycles. The van der Waals surface area contributed by atoms with Crippen LogP contribution in [-0.4, -0.2) is 19.7 Å². The highest BCUT2D eigenvalue weighted by atomic mass is 32.1. The molecule has 0 aliphatic rings. The molecule has 0 amide bonds. The van der Waals surface area contributed by atoms with E-state index in [0.717, 1.165) is 32.8 Å². The molecule has 3 aromatic heterocycles. The molecule has 0 saturated carbocycles. The lowest BCUT2D eigenvalue weighted by molar-refractivity contribution is 0.774. The topological polar surface area (TPSA) is 43.6 Å². The first kappa shape index (κ1) is 14.1. The maximum atomic E-state index is 4.67. The van der Waals surface area contributed by atoms with Gasteiger partial charge in [-0.25, -0.2) is 9.97 Å². The highest BCUT2D eigenvalue weighted by Crippen LogP contribution is 2.25. The summed E-state index contributed by atoms with van der Waals surface area (Å²) in [4.78, 5) is 9.17. The van der Waals surface area contributed by atoms with Crippen LogP contribution in [0.2, 0.25) is 0 Å². The number of pyridine rings is 1. The van der Waals surface area contributed by atoms with Crippen molar-refractivity contribution in [3.8, 4) is 0 Å². The Hall–Kier alpha value is -2.53. The van der Waals surface area contributed by atoms with E-state index in [1.54, 1.807) is 11.3 Å². The first-order valence-corrected chi connectivity index (χ1v) is 8.26. The van der Waals surface area contributed by atoms with Crippen LogP contribution in [0, 0.1) is 13.8 Å². The summed E-state index contributed by atoms with van der Waals surface area (Å²) in [5, 5.41) is 6.51. The van der Waals surface area contributed by atoms with E-state index in [0.29, 0.717) is 0 Å². The summed E-state index contributed by atoms with van der Waals surface area (Å²) in [5.41, 5.74) is 5.27. The molecule has 23 heavy (non-hydrogen) atoms. The summed E-state index contributed by atoms with van der Waals surface area (Å²) in [6.45, 7) is 4.10. The second kappa shape index (κ2) is 5.28. The normalized spacial score (nSPS) is 12.0. The molecule has 0 N–H and O–H groups in total. The molecule has 0 radical (unpaired) electrons. The van der Waals surface area contributed by atoms with Crippen LogP contribution in [0.3, 0.4) is 0 Å². The molecule has 114 valence electrons. The van der Waals surface area contributed by atoms with Crippen molar-refractivity contribution in [2.24, 2.45) is 7.05 Å². The van der Waals surface area contributed by atoms with Crippen molar-refractivity contribution in [3.05, 3.63) is 52.3 Å². The maximum Gasteiger partial charge on any atom is 0.157 e. The molecule has 5 heteroatoms. The average molecular weight is 320 g/mol. The number of hydrogen-bond donors (Lipinski definition) is 0. The third kappa shape index (κ3) is 2.53. The minimum absolute atomic E-state index is 0.912. The summed E-state index contributed by atoms with van der Waals surface area (Å²) < 4.78 is 3.03. The third-order valence-corrected chi connectivity index (χ3v) is 4.86. The van der Waals surface area contributed by atoms with Gasteiger partial charge in [-0.15, -0.1) is 11.3 Å². The van der Waals surface area contributed by atoms with E-state index < -0.39 is 0 Å². The smallest absolute Gasteiger partial charge is 0.157 e. The minimum atomic E-state index is 0.912. The van der Waals surface area contributed by atoms with Gasteiger partial charge in [0.05, 0.1) is 15.9 Å². The first-order valence-electron chi connectivity index (χ1n) is 7.45. The molecule has 0 atom stereocenters. The average Bonchev–Trinajstić information content (AvgIpc) is 3.06. The monoisotopic (exact) mass is 320 g/mol. The largest absolute Gasteiger partial charge is 0.250 e. The third-order valence-electron chi connectivity index (χ3n) is 3.86. The Balaban J connectivity index is 1.70. The lowest BCUT2D eigenvalue weighted by atomic mass is 10.2. The van der Waals surface area contributed by atoms with E-state index in [2.05, 4.69) is 58.4 Å². The quantitative estimate of drug-likeness (QED) is 0.551. The summed E-state index contributed by atoms with van der Waals surface area (Å²) in [6.07, 6.45) is 5.98. The van der Waals surface area contributed by atoms with E-state index in [1.807, 2.05) is 24.9 Å². The van der Waals surface area contributed by atoms with Crippen LogP contribution >= 0.6 is 11.3 Å². The molecule has 0 spiro atoms. The molecule has 0 aliphatic heterocycles. The molecule has 0 saturated heterocycles. The molecule has 0 fully saturated rings. The standard InChI is InChI=1S/C18H16N4S/c1-11-4-6-16-15(8-11)20-17(23-16)7-5-13-9-14-12(2)21-22(3)18(14)19-10-13/h4-10H,1-3H3. The molecule has 3 heterocycles. The predicted octanol–water partition coefficient (Wildman–Crippen LogP) is 4.37. The van der Waals surface area contributed by atoms with Gasteiger partial charge in [-0.1, -0.05) is 12.1 Å². The molecular formula is C18H16N4S. The van der Waals surface area contributed by atoms with Crippen LogP contribution in [0.4, 0.5) is 0 Å². The maximum absolute atomic E-state index is 4.67. The second-order valence-corrected chi connectivity index (χ2v) is 6.77. The molecular weight excluding hydrogens is 304 g/mol. The summed E-state index contributed by atoms with van der Waals surface area (Å²) in [5.74, 6) is 0. The van der Waals surface area contributed by atoms with Crippen molar-refractivity contribution in [2.45, 2.75) is 13.8 Å². The molecule has 4 rings (SSSR count). The Morgan fingerprint density at radius 3 is 2.87 bits per heavy atom. The van der Waals surface area contributed by atoms with Crippen molar-refractivity contribution >= 4 is 44.7 Å². The Morgan fingerprint density at radius 2 is 2.00 bits per heavy atom. The van der Waals surface area contributed by atoms with Crippen LogP contribution in [0.5, 0.6) is 0 Å². The summed E-state index contributed by atoms with van der Waals surface area (Å²) >= 11 is 1.70. The summed E-state index contributed by atoms with van der Waals surface area (Å²) in [7, 11) is 1.92. The van der Waals surface area contributed by atoms with Crippen molar-refractivity contribution in [1.29, 1.82) is 0 Å². The predicted molar refractivity (Wildman–Crippen MR) is 96.5 cm³/mol. The molecule has 0 unspecified atom stereocenters. The van der Waals surface area contributed by atoms with Crippen LogP contribution in [0.25, 0.3) is 33.4 Å². The van der Waals surface area contributed by atoms with E-state index >= 15 is 0 Å². The fourth-order valence-electron chi connectivity index (χ4n) is 2.71. The van der Waals surface area contributed by atoms with E-state index in [9.17, 15) is 0 Å². The number of nitrogens with zero attached hydrogens (tertiary/aromatic N) is 4. The highest BCUT2D eigenvalue weighted by Gasteiger charge is 2.06. The highest BCUT2D eigenvalue weighted by molar-refractivity contribution is 7.19. The number of thiazole rings is 1. The van der Waals surface area contributed by atoms with Crippen LogP contribution in [-0.2, 0) is 7.05 Å². The lowest BCUT2D eigenvalue weighted by Gasteiger charge is -1.95. The van der Waals surface area contributed by atoms with Gasteiger partial charge in [-0.3, -0.25) is 4.68 Å². The van der Waals surface area contributed by atoms with E-state index in [1.165, 1.54) is 10.3 Å². The van der Waals surface area contributed by atoms with Gasteiger partial charge in [-0.2, -0.15) is 5.10 Å². The number of aryl methyl sites for hydroxylation is 3. The van der Waals surface area contributed by atoms with Crippen molar-refractivity contribution < 1.29 is 0 Å². The van der Waals surface area contributed by atoms with Crippen molar-refractivity contribution in [2.75, 3.05) is 0 Å². The van der Waals surface area contributed by atoms with Gasteiger partial charge in [-0.05, 0) is 49.2 Å². The first-order chi connectivity index (χ1) is 11.1. The number of hydrogen-bond acceptors (Lipinski definition) is 4. The minimum Gasteiger partial charge on any atom is -0.250 e. The zero-order valence-corrected chi connectivity index (χ0v) is 14.1. The number of fused-ring (bicyclic) bond motifs is 2. The molecule has 1 aromatic carbocycles. The molecule has 4 nitrogen and oxygen atoms in total.